The average molecular weight is 271 g/mol. The van der Waals surface area contributed by atoms with Crippen LogP contribution in [0.3, 0.4) is 0 Å². The summed E-state index contributed by atoms with van der Waals surface area (Å²) < 4.78 is 11.3. The van der Waals surface area contributed by atoms with Gasteiger partial charge >= 0.3 is 0 Å². The highest BCUT2D eigenvalue weighted by Gasteiger charge is 2.25. The molecule has 4 nitrogen and oxygen atoms in total. The second-order valence-electron chi connectivity index (χ2n) is 4.64. The maximum absolute atomic E-state index is 11.3. The molecule has 1 fully saturated rings. The summed E-state index contributed by atoms with van der Waals surface area (Å²) in [6, 6.07) is 0.127. The molecule has 1 saturated heterocycles. The van der Waals surface area contributed by atoms with E-state index in [1.54, 1.807) is 11.3 Å². The fraction of sp³-hybridized carbons (Fsp3) is 0.727. The third kappa shape index (κ3) is 2.26. The van der Waals surface area contributed by atoms with Crippen LogP contribution in [-0.2, 0) is 17.2 Å². The minimum absolute atomic E-state index is 0.127. The second-order valence-corrected chi connectivity index (χ2v) is 7.40. The van der Waals surface area contributed by atoms with Crippen molar-refractivity contribution in [2.24, 2.45) is 5.73 Å². The lowest BCUT2D eigenvalue weighted by Gasteiger charge is -2.25. The van der Waals surface area contributed by atoms with Crippen LogP contribution in [-0.4, -0.2) is 33.8 Å². The smallest absolute Gasteiger partial charge is 0.185 e. The van der Waals surface area contributed by atoms with Gasteiger partial charge in [-0.05, 0) is 19.3 Å². The first-order chi connectivity index (χ1) is 8.24. The van der Waals surface area contributed by atoms with Crippen LogP contribution in [0.5, 0.6) is 0 Å². The molecule has 1 aliphatic carbocycles. The highest BCUT2D eigenvalue weighted by Crippen LogP contribution is 2.35. The molecule has 1 aromatic heterocycles. The molecule has 1 aromatic rings. The van der Waals surface area contributed by atoms with Gasteiger partial charge in [-0.25, -0.2) is 4.98 Å². The highest BCUT2D eigenvalue weighted by molar-refractivity contribution is 7.85. The highest BCUT2D eigenvalue weighted by atomic mass is 32.2. The number of anilines is 1. The normalized spacial score (nSPS) is 25.9. The van der Waals surface area contributed by atoms with Gasteiger partial charge < -0.3 is 10.6 Å². The lowest BCUT2D eigenvalue weighted by Crippen LogP contribution is -2.37. The standard InChI is InChI=1S/C11H17N3OS2/c12-8-2-1-3-9-10(8)13-11(16-9)14-4-6-17(15)7-5-14/h8H,1-7,12H2. The predicted molar refractivity (Wildman–Crippen MR) is 72.1 cm³/mol. The Balaban J connectivity index is 1.82. The van der Waals surface area contributed by atoms with Crippen LogP contribution in [0.25, 0.3) is 0 Å². The number of nitrogens with two attached hydrogens (primary N) is 1. The van der Waals surface area contributed by atoms with Crippen molar-refractivity contribution in [3.63, 3.8) is 0 Å². The number of hydrogen-bond acceptors (Lipinski definition) is 5. The van der Waals surface area contributed by atoms with Crippen LogP contribution in [0.15, 0.2) is 0 Å². The fourth-order valence-electron chi connectivity index (χ4n) is 2.40. The summed E-state index contributed by atoms with van der Waals surface area (Å²) in [6.07, 6.45) is 3.36. The quantitative estimate of drug-likeness (QED) is 0.829. The Morgan fingerprint density at radius 1 is 1.41 bits per heavy atom. The van der Waals surface area contributed by atoms with Crippen LogP contribution in [0.4, 0.5) is 5.13 Å². The van der Waals surface area contributed by atoms with Crippen molar-refractivity contribution in [3.05, 3.63) is 10.6 Å². The Kier molecular flexibility index (Phi) is 3.19. The lowest BCUT2D eigenvalue weighted by atomic mass is 9.99. The van der Waals surface area contributed by atoms with E-state index >= 15 is 0 Å². The lowest BCUT2D eigenvalue weighted by molar-refractivity contribution is 0.563. The van der Waals surface area contributed by atoms with Gasteiger partial charge in [0.2, 0.25) is 0 Å². The summed E-state index contributed by atoms with van der Waals surface area (Å²) in [5.41, 5.74) is 7.20. The number of aryl methyl sites for hydroxylation is 1. The number of nitrogens with zero attached hydrogens (tertiary/aromatic N) is 2. The average Bonchev–Trinajstić information content (AvgIpc) is 2.75. The van der Waals surface area contributed by atoms with Crippen molar-refractivity contribution in [3.8, 4) is 0 Å². The molecular formula is C11H17N3OS2. The Labute approximate surface area is 108 Å². The third-order valence-electron chi connectivity index (χ3n) is 3.43. The summed E-state index contributed by atoms with van der Waals surface area (Å²) in [5.74, 6) is 1.55. The van der Waals surface area contributed by atoms with Crippen LogP contribution >= 0.6 is 11.3 Å². The summed E-state index contributed by atoms with van der Waals surface area (Å²) in [5, 5.41) is 1.09. The molecule has 0 bridgehead atoms. The van der Waals surface area contributed by atoms with Gasteiger partial charge in [0, 0.05) is 46.3 Å². The summed E-state index contributed by atoms with van der Waals surface area (Å²) >= 11 is 1.78. The Bertz CT molecular complexity index is 436. The zero-order chi connectivity index (χ0) is 11.8. The zero-order valence-electron chi connectivity index (χ0n) is 9.72. The molecule has 2 N–H and O–H groups in total. The van der Waals surface area contributed by atoms with E-state index in [2.05, 4.69) is 4.90 Å². The molecule has 0 saturated carbocycles. The molecule has 0 amide bonds. The number of thiazole rings is 1. The van der Waals surface area contributed by atoms with E-state index in [9.17, 15) is 4.21 Å². The van der Waals surface area contributed by atoms with E-state index in [1.165, 1.54) is 11.3 Å². The largest absolute Gasteiger partial charge is 0.346 e. The Morgan fingerprint density at radius 3 is 2.88 bits per heavy atom. The number of fused-ring (bicyclic) bond motifs is 1. The third-order valence-corrected chi connectivity index (χ3v) is 5.90. The van der Waals surface area contributed by atoms with Gasteiger partial charge in [-0.3, -0.25) is 4.21 Å². The van der Waals surface area contributed by atoms with Gasteiger partial charge in [0.05, 0.1) is 5.69 Å². The van der Waals surface area contributed by atoms with Crippen LogP contribution in [0.1, 0.15) is 29.5 Å². The SMILES string of the molecule is NC1CCCc2sc(N3CCS(=O)CC3)nc21. The topological polar surface area (TPSA) is 59.2 Å². The van der Waals surface area contributed by atoms with Gasteiger partial charge in [-0.1, -0.05) is 0 Å². The molecule has 94 valence electrons. The van der Waals surface area contributed by atoms with Crippen molar-refractivity contribution in [2.45, 2.75) is 25.3 Å². The molecule has 6 heteroatoms. The number of aromatic nitrogens is 1. The van der Waals surface area contributed by atoms with E-state index in [0.717, 1.165) is 48.3 Å². The van der Waals surface area contributed by atoms with Gasteiger partial charge in [-0.15, -0.1) is 11.3 Å². The molecule has 1 atom stereocenters. The summed E-state index contributed by atoms with van der Waals surface area (Å²) in [7, 11) is -0.621. The first kappa shape index (κ1) is 11.6. The monoisotopic (exact) mass is 271 g/mol. The zero-order valence-corrected chi connectivity index (χ0v) is 11.4. The van der Waals surface area contributed by atoms with E-state index in [4.69, 9.17) is 10.7 Å². The fourth-order valence-corrected chi connectivity index (χ4v) is 4.68. The number of rotatable bonds is 1. The van der Waals surface area contributed by atoms with E-state index < -0.39 is 10.8 Å². The van der Waals surface area contributed by atoms with E-state index in [1.807, 2.05) is 0 Å². The molecule has 1 aliphatic heterocycles. The summed E-state index contributed by atoms with van der Waals surface area (Å²) in [4.78, 5) is 8.33. The maximum Gasteiger partial charge on any atom is 0.185 e. The molecule has 0 aromatic carbocycles. The van der Waals surface area contributed by atoms with Crippen LogP contribution in [0.2, 0.25) is 0 Å². The van der Waals surface area contributed by atoms with Gasteiger partial charge in [0.15, 0.2) is 5.13 Å². The van der Waals surface area contributed by atoms with E-state index in [0.29, 0.717) is 0 Å². The molecule has 3 rings (SSSR count). The first-order valence-corrected chi connectivity index (χ1v) is 8.39. The molecule has 17 heavy (non-hydrogen) atoms. The molecule has 2 aliphatic rings. The molecule has 0 radical (unpaired) electrons. The van der Waals surface area contributed by atoms with Crippen molar-refractivity contribution in [1.82, 2.24) is 4.98 Å². The Morgan fingerprint density at radius 2 is 2.18 bits per heavy atom. The first-order valence-electron chi connectivity index (χ1n) is 6.09. The van der Waals surface area contributed by atoms with Crippen LogP contribution < -0.4 is 10.6 Å². The minimum atomic E-state index is -0.621. The number of hydrogen-bond donors (Lipinski definition) is 1. The van der Waals surface area contributed by atoms with Crippen LogP contribution in [0, 0.1) is 0 Å². The molecule has 0 spiro atoms. The van der Waals surface area contributed by atoms with Crippen molar-refractivity contribution < 1.29 is 4.21 Å². The molecule has 1 unspecified atom stereocenters. The second kappa shape index (κ2) is 4.66. The van der Waals surface area contributed by atoms with Gasteiger partial charge in [0.1, 0.15) is 0 Å². The van der Waals surface area contributed by atoms with Crippen molar-refractivity contribution in [2.75, 3.05) is 29.5 Å². The van der Waals surface area contributed by atoms with Crippen molar-refractivity contribution >= 4 is 27.3 Å². The minimum Gasteiger partial charge on any atom is -0.346 e. The van der Waals surface area contributed by atoms with Crippen molar-refractivity contribution in [1.29, 1.82) is 0 Å². The maximum atomic E-state index is 11.3. The molecular weight excluding hydrogens is 254 g/mol. The molecule has 2 heterocycles. The Hall–Kier alpha value is -0.460. The summed E-state index contributed by atoms with van der Waals surface area (Å²) in [6.45, 7) is 1.74. The predicted octanol–water partition coefficient (Wildman–Crippen LogP) is 1.05. The van der Waals surface area contributed by atoms with Gasteiger partial charge in [0.25, 0.3) is 0 Å². The van der Waals surface area contributed by atoms with Gasteiger partial charge in [-0.2, -0.15) is 0 Å². The van der Waals surface area contributed by atoms with E-state index in [-0.39, 0.29) is 6.04 Å².